The molecule has 138 valence electrons. The van der Waals surface area contributed by atoms with Gasteiger partial charge in [0.25, 0.3) is 5.91 Å². The minimum atomic E-state index is -0.109. The van der Waals surface area contributed by atoms with Crippen LogP contribution in [-0.2, 0) is 10.5 Å². The topological polar surface area (TPSA) is 49.4 Å². The van der Waals surface area contributed by atoms with Crippen LogP contribution < -0.4 is 5.32 Å². The maximum Gasteiger partial charge on any atom is 0.255 e. The lowest BCUT2D eigenvalue weighted by Gasteiger charge is -2.20. The molecule has 0 saturated carbocycles. The van der Waals surface area contributed by atoms with Gasteiger partial charge in [0.05, 0.1) is 17.0 Å². The monoisotopic (exact) mass is 434 g/mol. The van der Waals surface area contributed by atoms with Gasteiger partial charge in [-0.1, -0.05) is 46.3 Å². The van der Waals surface area contributed by atoms with Gasteiger partial charge in [-0.05, 0) is 37.6 Å². The number of nitrogens with zero attached hydrogens (tertiary/aromatic N) is 1. The average molecular weight is 435 g/mol. The first-order valence-corrected chi connectivity index (χ1v) is 10.5. The summed E-state index contributed by atoms with van der Waals surface area (Å²) in [6.45, 7) is 5.17. The van der Waals surface area contributed by atoms with Crippen LogP contribution in [0.15, 0.2) is 53.0 Å². The van der Waals surface area contributed by atoms with Crippen LogP contribution in [0.25, 0.3) is 0 Å². The van der Waals surface area contributed by atoms with E-state index in [9.17, 15) is 9.59 Å². The Morgan fingerprint density at radius 3 is 2.38 bits per heavy atom. The van der Waals surface area contributed by atoms with Crippen LogP contribution in [0, 0.1) is 0 Å². The summed E-state index contributed by atoms with van der Waals surface area (Å²) in [5.41, 5.74) is 2.25. The zero-order valence-corrected chi connectivity index (χ0v) is 17.4. The number of halogens is 1. The van der Waals surface area contributed by atoms with Crippen molar-refractivity contribution in [2.45, 2.75) is 19.6 Å². The Bertz CT molecular complexity index is 763. The number of benzene rings is 2. The molecule has 0 atom stereocenters. The van der Waals surface area contributed by atoms with Crippen LogP contribution in [0.3, 0.4) is 0 Å². The summed E-state index contributed by atoms with van der Waals surface area (Å²) in [6, 6.07) is 15.1. The first-order chi connectivity index (χ1) is 12.6. The molecule has 2 rings (SSSR count). The summed E-state index contributed by atoms with van der Waals surface area (Å²) in [5.74, 6) is 0.901. The summed E-state index contributed by atoms with van der Waals surface area (Å²) in [5, 5.41) is 2.88. The molecular weight excluding hydrogens is 412 g/mol. The largest absolute Gasteiger partial charge is 0.339 e. The fourth-order valence-electron chi connectivity index (χ4n) is 2.52. The van der Waals surface area contributed by atoms with Crippen molar-refractivity contribution in [1.29, 1.82) is 0 Å². The number of nitrogens with one attached hydrogen (secondary N) is 1. The molecule has 2 aromatic carbocycles. The lowest BCUT2D eigenvalue weighted by atomic mass is 10.1. The van der Waals surface area contributed by atoms with E-state index in [0.29, 0.717) is 30.1 Å². The number of anilines is 1. The third-order valence-electron chi connectivity index (χ3n) is 3.93. The van der Waals surface area contributed by atoms with E-state index >= 15 is 0 Å². The highest BCUT2D eigenvalue weighted by Gasteiger charge is 2.17. The summed E-state index contributed by atoms with van der Waals surface area (Å²) in [6.07, 6.45) is 0. The molecule has 0 aliphatic carbocycles. The highest BCUT2D eigenvalue weighted by molar-refractivity contribution is 9.10. The zero-order chi connectivity index (χ0) is 18.9. The molecule has 0 radical (unpaired) electrons. The van der Waals surface area contributed by atoms with Crippen molar-refractivity contribution in [2.75, 3.05) is 24.2 Å². The van der Waals surface area contributed by atoms with E-state index in [1.165, 1.54) is 0 Å². The molecule has 0 saturated heterocycles. The van der Waals surface area contributed by atoms with Crippen molar-refractivity contribution in [3.05, 3.63) is 64.1 Å². The summed E-state index contributed by atoms with van der Waals surface area (Å²) in [4.78, 5) is 26.7. The van der Waals surface area contributed by atoms with Crippen LogP contribution in [-0.4, -0.2) is 35.6 Å². The molecule has 26 heavy (non-hydrogen) atoms. The Hall–Kier alpha value is -1.79. The molecule has 0 bridgehead atoms. The van der Waals surface area contributed by atoms with Crippen LogP contribution >= 0.6 is 27.7 Å². The first-order valence-electron chi connectivity index (χ1n) is 8.56. The minimum Gasteiger partial charge on any atom is -0.339 e. The first kappa shape index (κ1) is 20.5. The van der Waals surface area contributed by atoms with Gasteiger partial charge in [-0.3, -0.25) is 9.59 Å². The average Bonchev–Trinajstić information content (AvgIpc) is 2.64. The number of amides is 2. The molecule has 0 spiro atoms. The molecule has 0 heterocycles. The number of para-hydroxylation sites is 1. The van der Waals surface area contributed by atoms with Crippen molar-refractivity contribution in [1.82, 2.24) is 4.90 Å². The number of carbonyl (C=O) groups excluding carboxylic acids is 2. The smallest absolute Gasteiger partial charge is 0.255 e. The second-order valence-corrected chi connectivity index (χ2v) is 7.50. The molecule has 0 aliphatic rings. The Morgan fingerprint density at radius 1 is 1.04 bits per heavy atom. The second-order valence-electron chi connectivity index (χ2n) is 5.66. The summed E-state index contributed by atoms with van der Waals surface area (Å²) in [7, 11) is 0. The molecule has 4 nitrogen and oxygen atoms in total. The van der Waals surface area contributed by atoms with Crippen LogP contribution in [0.2, 0.25) is 0 Å². The Morgan fingerprint density at radius 2 is 1.69 bits per heavy atom. The summed E-state index contributed by atoms with van der Waals surface area (Å²) < 4.78 is 1.04. The molecular formula is C20H23BrN2O2S. The third-order valence-corrected chi connectivity index (χ3v) is 5.69. The van der Waals surface area contributed by atoms with E-state index in [1.54, 1.807) is 28.8 Å². The maximum absolute atomic E-state index is 12.6. The Balaban J connectivity index is 1.97. The van der Waals surface area contributed by atoms with Crippen molar-refractivity contribution in [2.24, 2.45) is 0 Å². The lowest BCUT2D eigenvalue weighted by Crippen LogP contribution is -2.31. The Kier molecular flexibility index (Phi) is 8.19. The van der Waals surface area contributed by atoms with Gasteiger partial charge >= 0.3 is 0 Å². The van der Waals surface area contributed by atoms with E-state index in [4.69, 9.17) is 0 Å². The highest BCUT2D eigenvalue weighted by Crippen LogP contribution is 2.22. The van der Waals surface area contributed by atoms with Gasteiger partial charge in [0.2, 0.25) is 5.91 Å². The van der Waals surface area contributed by atoms with Crippen LogP contribution in [0.5, 0.6) is 0 Å². The van der Waals surface area contributed by atoms with Crippen molar-refractivity contribution < 1.29 is 9.59 Å². The van der Waals surface area contributed by atoms with Crippen molar-refractivity contribution in [3.8, 4) is 0 Å². The molecule has 2 aromatic rings. The van der Waals surface area contributed by atoms with Crippen LogP contribution in [0.4, 0.5) is 5.69 Å². The fourth-order valence-corrected chi connectivity index (χ4v) is 3.96. The van der Waals surface area contributed by atoms with Crippen LogP contribution in [0.1, 0.15) is 29.8 Å². The normalized spacial score (nSPS) is 10.4. The fraction of sp³-hybridized carbons (Fsp3) is 0.300. The van der Waals surface area contributed by atoms with Crippen molar-refractivity contribution >= 4 is 45.2 Å². The van der Waals surface area contributed by atoms with E-state index < -0.39 is 0 Å². The lowest BCUT2D eigenvalue weighted by molar-refractivity contribution is -0.113. The molecule has 1 N–H and O–H groups in total. The predicted molar refractivity (Wildman–Crippen MR) is 113 cm³/mol. The second kappa shape index (κ2) is 10.4. The highest BCUT2D eigenvalue weighted by atomic mass is 79.9. The number of thioether (sulfide) groups is 1. The van der Waals surface area contributed by atoms with Gasteiger partial charge < -0.3 is 10.2 Å². The molecule has 6 heteroatoms. The van der Waals surface area contributed by atoms with E-state index in [1.807, 2.05) is 50.2 Å². The van der Waals surface area contributed by atoms with Gasteiger partial charge in [-0.15, -0.1) is 11.8 Å². The number of rotatable bonds is 8. The van der Waals surface area contributed by atoms with E-state index in [0.717, 1.165) is 15.8 Å². The quantitative estimate of drug-likeness (QED) is 0.648. The molecule has 2 amide bonds. The van der Waals surface area contributed by atoms with Gasteiger partial charge in [0.1, 0.15) is 0 Å². The molecule has 0 unspecified atom stereocenters. The van der Waals surface area contributed by atoms with Gasteiger partial charge in [0.15, 0.2) is 0 Å². The van der Waals surface area contributed by atoms with Crippen molar-refractivity contribution in [3.63, 3.8) is 0 Å². The number of hydrogen-bond donors (Lipinski definition) is 1. The number of hydrogen-bond acceptors (Lipinski definition) is 3. The molecule has 0 aliphatic heterocycles. The van der Waals surface area contributed by atoms with E-state index in [-0.39, 0.29) is 11.8 Å². The number of carbonyl (C=O) groups is 2. The Labute approximate surface area is 167 Å². The summed E-state index contributed by atoms with van der Waals surface area (Å²) >= 11 is 5.05. The zero-order valence-electron chi connectivity index (χ0n) is 15.0. The molecule has 0 aromatic heterocycles. The standard InChI is InChI=1S/C20H23BrN2O2S/c1-3-23(4-2)20(25)16-10-6-8-12-18(16)22-19(24)14-26-13-15-9-5-7-11-17(15)21/h5-12H,3-4,13-14H2,1-2H3,(H,22,24). The van der Waals surface area contributed by atoms with Gasteiger partial charge in [-0.2, -0.15) is 0 Å². The van der Waals surface area contributed by atoms with Gasteiger partial charge in [0, 0.05) is 23.3 Å². The maximum atomic E-state index is 12.6. The predicted octanol–water partition coefficient (Wildman–Crippen LogP) is 4.80. The third kappa shape index (κ3) is 5.61. The minimum absolute atomic E-state index is 0.0632. The van der Waals surface area contributed by atoms with Gasteiger partial charge in [-0.25, -0.2) is 0 Å². The SMILES string of the molecule is CCN(CC)C(=O)c1ccccc1NC(=O)CSCc1ccccc1Br. The molecule has 0 fully saturated rings. The van der Waals surface area contributed by atoms with E-state index in [2.05, 4.69) is 21.2 Å².